The van der Waals surface area contributed by atoms with Crippen LogP contribution in [0, 0.1) is 0 Å². The van der Waals surface area contributed by atoms with Crippen LogP contribution in [0.4, 0.5) is 0 Å². The first-order valence-electron chi connectivity index (χ1n) is 5.80. The summed E-state index contributed by atoms with van der Waals surface area (Å²) in [6.07, 6.45) is 1.49. The van der Waals surface area contributed by atoms with E-state index in [9.17, 15) is 13.5 Å². The third kappa shape index (κ3) is 2.10. The summed E-state index contributed by atoms with van der Waals surface area (Å²) in [6, 6.07) is 12.8. The Morgan fingerprint density at radius 3 is 2.60 bits per heavy atom. The fraction of sp³-hybridized carbons (Fsp3) is 0. The summed E-state index contributed by atoms with van der Waals surface area (Å²) >= 11 is 3.27. The van der Waals surface area contributed by atoms with Crippen molar-refractivity contribution in [3.8, 4) is 5.75 Å². The third-order valence-electron chi connectivity index (χ3n) is 2.99. The molecule has 20 heavy (non-hydrogen) atoms. The fourth-order valence-electron chi connectivity index (χ4n) is 2.06. The van der Waals surface area contributed by atoms with Crippen molar-refractivity contribution >= 4 is 36.9 Å². The van der Waals surface area contributed by atoms with Gasteiger partial charge in [0, 0.05) is 16.1 Å². The smallest absolute Gasteiger partial charge is 0.268 e. The van der Waals surface area contributed by atoms with Crippen molar-refractivity contribution in [2.24, 2.45) is 0 Å². The zero-order valence-corrected chi connectivity index (χ0v) is 12.6. The van der Waals surface area contributed by atoms with Crippen LogP contribution in [0.25, 0.3) is 10.9 Å². The lowest BCUT2D eigenvalue weighted by molar-refractivity contribution is 0.476. The van der Waals surface area contributed by atoms with Gasteiger partial charge in [0.2, 0.25) is 0 Å². The van der Waals surface area contributed by atoms with Crippen LogP contribution < -0.4 is 0 Å². The molecule has 0 aliphatic carbocycles. The third-order valence-corrected chi connectivity index (χ3v) is 5.17. The molecule has 0 bridgehead atoms. The lowest BCUT2D eigenvalue weighted by Crippen LogP contribution is -2.11. The molecule has 2 aromatic carbocycles. The molecule has 4 nitrogen and oxygen atoms in total. The van der Waals surface area contributed by atoms with Crippen LogP contribution in [-0.2, 0) is 10.0 Å². The molecule has 1 heterocycles. The molecule has 3 aromatic rings. The molecule has 0 unspecified atom stereocenters. The van der Waals surface area contributed by atoms with Gasteiger partial charge in [-0.05, 0) is 42.5 Å². The summed E-state index contributed by atoms with van der Waals surface area (Å²) in [5, 5.41) is 10.1. The predicted molar refractivity (Wildman–Crippen MR) is 80.3 cm³/mol. The van der Waals surface area contributed by atoms with Crippen molar-refractivity contribution in [3.05, 3.63) is 59.2 Å². The summed E-state index contributed by atoms with van der Waals surface area (Å²) in [7, 11) is -3.65. The van der Waals surface area contributed by atoms with Gasteiger partial charge in [-0.3, -0.25) is 0 Å². The van der Waals surface area contributed by atoms with Crippen molar-refractivity contribution in [3.63, 3.8) is 0 Å². The van der Waals surface area contributed by atoms with E-state index in [1.54, 1.807) is 36.4 Å². The summed E-state index contributed by atoms with van der Waals surface area (Å²) < 4.78 is 27.2. The molecule has 0 atom stereocenters. The van der Waals surface area contributed by atoms with Gasteiger partial charge in [0.1, 0.15) is 5.75 Å². The fourth-order valence-corrected chi connectivity index (χ4v) is 4.01. The monoisotopic (exact) mass is 351 g/mol. The summed E-state index contributed by atoms with van der Waals surface area (Å²) in [5.74, 6) is 0.107. The molecule has 0 saturated heterocycles. The van der Waals surface area contributed by atoms with E-state index in [-0.39, 0.29) is 10.6 Å². The number of hydrogen-bond acceptors (Lipinski definition) is 3. The van der Waals surface area contributed by atoms with Gasteiger partial charge >= 0.3 is 0 Å². The number of phenolic OH excluding ortho intramolecular Hbond substituents is 1. The largest absolute Gasteiger partial charge is 0.508 e. The summed E-state index contributed by atoms with van der Waals surface area (Å²) in [5.41, 5.74) is 0.530. The van der Waals surface area contributed by atoms with Gasteiger partial charge in [-0.1, -0.05) is 22.0 Å². The van der Waals surface area contributed by atoms with E-state index in [2.05, 4.69) is 15.9 Å². The molecule has 0 aliphatic heterocycles. The first-order chi connectivity index (χ1) is 9.48. The van der Waals surface area contributed by atoms with Crippen molar-refractivity contribution in [2.45, 2.75) is 4.90 Å². The minimum atomic E-state index is -3.65. The molecular weight excluding hydrogens is 342 g/mol. The van der Waals surface area contributed by atoms with E-state index < -0.39 is 10.0 Å². The van der Waals surface area contributed by atoms with Crippen LogP contribution in [0.3, 0.4) is 0 Å². The number of benzene rings is 2. The lowest BCUT2D eigenvalue weighted by Gasteiger charge is -2.08. The number of phenols is 1. The Morgan fingerprint density at radius 1 is 1.05 bits per heavy atom. The van der Waals surface area contributed by atoms with Gasteiger partial charge in [0.25, 0.3) is 10.0 Å². The second-order valence-electron chi connectivity index (χ2n) is 4.32. The highest BCUT2D eigenvalue weighted by Gasteiger charge is 2.19. The predicted octanol–water partition coefficient (Wildman–Crippen LogP) is 3.35. The van der Waals surface area contributed by atoms with E-state index in [4.69, 9.17) is 0 Å². The Morgan fingerprint density at radius 2 is 1.85 bits per heavy atom. The highest BCUT2D eigenvalue weighted by molar-refractivity contribution is 9.10. The highest BCUT2D eigenvalue weighted by Crippen LogP contribution is 2.26. The Kier molecular flexibility index (Phi) is 3.07. The van der Waals surface area contributed by atoms with E-state index in [1.165, 1.54) is 22.3 Å². The highest BCUT2D eigenvalue weighted by atomic mass is 79.9. The summed E-state index contributed by atoms with van der Waals surface area (Å²) in [4.78, 5) is 0.206. The van der Waals surface area contributed by atoms with Crippen LogP contribution in [0.2, 0.25) is 0 Å². The number of halogens is 1. The van der Waals surface area contributed by atoms with E-state index in [1.807, 2.05) is 0 Å². The number of aromatic hydroxyl groups is 1. The van der Waals surface area contributed by atoms with Gasteiger partial charge in [-0.25, -0.2) is 12.4 Å². The lowest BCUT2D eigenvalue weighted by atomic mass is 10.2. The second kappa shape index (κ2) is 4.64. The topological polar surface area (TPSA) is 59.3 Å². The Bertz CT molecular complexity index is 900. The van der Waals surface area contributed by atoms with Gasteiger partial charge in [-0.15, -0.1) is 0 Å². The zero-order valence-electron chi connectivity index (χ0n) is 10.2. The SMILES string of the molecule is O=S(=O)(c1cccc(Br)c1)n1ccc2cc(O)ccc21. The maximum Gasteiger partial charge on any atom is 0.268 e. The Hall–Kier alpha value is -1.79. The van der Waals surface area contributed by atoms with E-state index in [0.29, 0.717) is 15.4 Å². The van der Waals surface area contributed by atoms with Crippen molar-refractivity contribution in [1.29, 1.82) is 0 Å². The van der Waals surface area contributed by atoms with Crippen molar-refractivity contribution in [2.75, 3.05) is 0 Å². The number of aromatic nitrogens is 1. The quantitative estimate of drug-likeness (QED) is 0.770. The molecular formula is C14H10BrNO3S. The number of hydrogen-bond donors (Lipinski definition) is 1. The molecule has 0 spiro atoms. The molecule has 0 fully saturated rings. The molecule has 0 radical (unpaired) electrons. The number of nitrogens with zero attached hydrogens (tertiary/aromatic N) is 1. The van der Waals surface area contributed by atoms with Gasteiger partial charge < -0.3 is 5.11 Å². The average Bonchev–Trinajstić information content (AvgIpc) is 2.82. The molecule has 3 rings (SSSR count). The van der Waals surface area contributed by atoms with E-state index >= 15 is 0 Å². The van der Waals surface area contributed by atoms with Crippen LogP contribution in [0.15, 0.2) is 64.1 Å². The van der Waals surface area contributed by atoms with Gasteiger partial charge in [0.15, 0.2) is 0 Å². The maximum absolute atomic E-state index is 12.6. The number of rotatable bonds is 2. The maximum atomic E-state index is 12.6. The molecule has 1 aromatic heterocycles. The second-order valence-corrected chi connectivity index (χ2v) is 7.05. The molecule has 0 saturated carbocycles. The first-order valence-corrected chi connectivity index (χ1v) is 8.03. The molecule has 102 valence electrons. The van der Waals surface area contributed by atoms with E-state index in [0.717, 1.165) is 0 Å². The first kappa shape index (κ1) is 13.2. The van der Waals surface area contributed by atoms with Crippen LogP contribution >= 0.6 is 15.9 Å². The standard InChI is InChI=1S/C14H10BrNO3S/c15-11-2-1-3-13(9-11)20(18,19)16-7-6-10-8-12(17)4-5-14(10)16/h1-9,17H. The van der Waals surface area contributed by atoms with Crippen molar-refractivity contribution in [1.82, 2.24) is 3.97 Å². The van der Waals surface area contributed by atoms with Gasteiger partial charge in [-0.2, -0.15) is 0 Å². The summed E-state index contributed by atoms with van der Waals surface area (Å²) in [6.45, 7) is 0. The Balaban J connectivity index is 2.24. The van der Waals surface area contributed by atoms with Crippen LogP contribution in [-0.4, -0.2) is 17.5 Å². The van der Waals surface area contributed by atoms with Crippen LogP contribution in [0.5, 0.6) is 5.75 Å². The minimum Gasteiger partial charge on any atom is -0.508 e. The molecule has 0 aliphatic rings. The van der Waals surface area contributed by atoms with Crippen molar-refractivity contribution < 1.29 is 13.5 Å². The average molecular weight is 352 g/mol. The molecule has 0 amide bonds. The number of fused-ring (bicyclic) bond motifs is 1. The normalized spacial score (nSPS) is 11.8. The molecule has 6 heteroatoms. The zero-order chi connectivity index (χ0) is 14.3. The molecule has 1 N–H and O–H groups in total. The Labute approximate surface area is 124 Å². The van der Waals surface area contributed by atoms with Crippen LogP contribution in [0.1, 0.15) is 0 Å². The minimum absolute atomic E-state index is 0.107. The van der Waals surface area contributed by atoms with Gasteiger partial charge in [0.05, 0.1) is 10.4 Å².